The largest absolute Gasteiger partial charge is 0.398 e. The summed E-state index contributed by atoms with van der Waals surface area (Å²) < 4.78 is 0. The van der Waals surface area contributed by atoms with Gasteiger partial charge < -0.3 is 16.2 Å². The van der Waals surface area contributed by atoms with Gasteiger partial charge in [-0.05, 0) is 30.5 Å². The van der Waals surface area contributed by atoms with E-state index in [4.69, 9.17) is 5.73 Å². The normalized spacial score (nSPS) is 12.9. The maximum Gasteiger partial charge on any atom is 0.0635 e. The number of aliphatic hydroxyl groups is 1. The number of aryl methyl sites for hydroxylation is 1. The van der Waals surface area contributed by atoms with Crippen LogP contribution in [0.25, 0.3) is 0 Å². The minimum absolute atomic E-state index is 0.0760. The molecule has 0 aliphatic heterocycles. The van der Waals surface area contributed by atoms with Gasteiger partial charge >= 0.3 is 0 Å². The Morgan fingerprint density at radius 1 is 1.40 bits per heavy atom. The molecular formula is C12H20N2O. The first-order valence-corrected chi connectivity index (χ1v) is 5.28. The third-order valence-corrected chi connectivity index (χ3v) is 2.63. The Morgan fingerprint density at radius 3 is 2.53 bits per heavy atom. The summed E-state index contributed by atoms with van der Waals surface area (Å²) in [5.41, 5.74) is 8.63. The van der Waals surface area contributed by atoms with Gasteiger partial charge in [0.15, 0.2) is 0 Å². The highest BCUT2D eigenvalue weighted by atomic mass is 16.3. The van der Waals surface area contributed by atoms with Gasteiger partial charge in [-0.3, -0.25) is 0 Å². The average molecular weight is 208 g/mol. The number of rotatable bonds is 4. The van der Waals surface area contributed by atoms with E-state index in [1.807, 2.05) is 25.1 Å². The van der Waals surface area contributed by atoms with Crippen molar-refractivity contribution in [3.63, 3.8) is 0 Å². The Labute approximate surface area is 91.3 Å². The van der Waals surface area contributed by atoms with Crippen LogP contribution in [-0.4, -0.2) is 17.8 Å². The van der Waals surface area contributed by atoms with Crippen LogP contribution in [0.1, 0.15) is 19.4 Å². The maximum absolute atomic E-state index is 9.19. The molecule has 84 valence electrons. The van der Waals surface area contributed by atoms with Crippen molar-refractivity contribution in [2.45, 2.75) is 26.8 Å². The minimum Gasteiger partial charge on any atom is -0.398 e. The Bertz CT molecular complexity index is 323. The summed E-state index contributed by atoms with van der Waals surface area (Å²) in [7, 11) is 0. The molecule has 0 heterocycles. The summed E-state index contributed by atoms with van der Waals surface area (Å²) in [5.74, 6) is 0.387. The van der Waals surface area contributed by atoms with Crippen LogP contribution in [0.5, 0.6) is 0 Å². The van der Waals surface area contributed by atoms with Crippen LogP contribution < -0.4 is 11.1 Å². The fraction of sp³-hybridized carbons (Fsp3) is 0.500. The van der Waals surface area contributed by atoms with Gasteiger partial charge in [-0.2, -0.15) is 0 Å². The van der Waals surface area contributed by atoms with Crippen LogP contribution in [0.2, 0.25) is 0 Å². The molecule has 3 nitrogen and oxygen atoms in total. The molecule has 1 aromatic rings. The van der Waals surface area contributed by atoms with Crippen molar-refractivity contribution >= 4 is 11.4 Å². The van der Waals surface area contributed by atoms with Gasteiger partial charge in [-0.1, -0.05) is 19.9 Å². The molecule has 1 rings (SSSR count). The third kappa shape index (κ3) is 3.13. The van der Waals surface area contributed by atoms with Crippen LogP contribution in [0.3, 0.4) is 0 Å². The molecule has 4 N–H and O–H groups in total. The van der Waals surface area contributed by atoms with Crippen LogP contribution in [0.15, 0.2) is 18.2 Å². The Hall–Kier alpha value is -1.22. The lowest BCUT2D eigenvalue weighted by Gasteiger charge is -2.21. The molecule has 15 heavy (non-hydrogen) atoms. The van der Waals surface area contributed by atoms with E-state index in [0.29, 0.717) is 5.92 Å². The zero-order valence-corrected chi connectivity index (χ0v) is 9.62. The molecular weight excluding hydrogens is 188 g/mol. The van der Waals surface area contributed by atoms with E-state index in [-0.39, 0.29) is 12.6 Å². The summed E-state index contributed by atoms with van der Waals surface area (Å²) in [5, 5.41) is 12.5. The second-order valence-electron chi connectivity index (χ2n) is 4.25. The highest BCUT2D eigenvalue weighted by Crippen LogP contribution is 2.19. The molecule has 0 aliphatic rings. The third-order valence-electron chi connectivity index (χ3n) is 2.63. The molecule has 0 radical (unpaired) electrons. The van der Waals surface area contributed by atoms with Crippen molar-refractivity contribution in [2.75, 3.05) is 17.7 Å². The van der Waals surface area contributed by atoms with E-state index in [2.05, 4.69) is 19.2 Å². The van der Waals surface area contributed by atoms with E-state index in [0.717, 1.165) is 16.9 Å². The predicted octanol–water partition coefficient (Wildman–Crippen LogP) is 2.01. The topological polar surface area (TPSA) is 58.3 Å². The molecule has 0 aromatic heterocycles. The monoisotopic (exact) mass is 208 g/mol. The van der Waals surface area contributed by atoms with Crippen molar-refractivity contribution in [2.24, 2.45) is 5.92 Å². The lowest BCUT2D eigenvalue weighted by molar-refractivity contribution is 0.249. The highest BCUT2D eigenvalue weighted by molar-refractivity contribution is 5.58. The van der Waals surface area contributed by atoms with E-state index < -0.39 is 0 Å². The molecule has 0 amide bonds. The average Bonchev–Trinajstić information content (AvgIpc) is 2.19. The van der Waals surface area contributed by atoms with Crippen LogP contribution in [0.4, 0.5) is 11.4 Å². The van der Waals surface area contributed by atoms with Crippen molar-refractivity contribution in [3.8, 4) is 0 Å². The number of aliphatic hydroxyl groups excluding tert-OH is 1. The minimum atomic E-state index is 0.0760. The molecule has 0 spiro atoms. The molecule has 0 bridgehead atoms. The molecule has 1 aromatic carbocycles. The lowest BCUT2D eigenvalue weighted by Crippen LogP contribution is -2.29. The Kier molecular flexibility index (Phi) is 3.97. The smallest absolute Gasteiger partial charge is 0.0635 e. The van der Waals surface area contributed by atoms with Crippen molar-refractivity contribution in [1.29, 1.82) is 0 Å². The van der Waals surface area contributed by atoms with Gasteiger partial charge in [-0.25, -0.2) is 0 Å². The SMILES string of the molecule is Cc1ccc(NC(CO)C(C)C)cc1N. The van der Waals surface area contributed by atoms with Gasteiger partial charge in [0.1, 0.15) is 0 Å². The Balaban J connectivity index is 2.75. The van der Waals surface area contributed by atoms with Gasteiger partial charge in [0.25, 0.3) is 0 Å². The highest BCUT2D eigenvalue weighted by Gasteiger charge is 2.11. The number of hydrogen-bond acceptors (Lipinski definition) is 3. The summed E-state index contributed by atoms with van der Waals surface area (Å²) in [6.45, 7) is 6.26. The first-order valence-electron chi connectivity index (χ1n) is 5.28. The standard InChI is InChI=1S/C12H20N2O/c1-8(2)12(7-15)14-10-5-4-9(3)11(13)6-10/h4-6,8,12,14-15H,7,13H2,1-3H3. The number of nitrogens with two attached hydrogens (primary N) is 1. The lowest BCUT2D eigenvalue weighted by atomic mass is 10.0. The van der Waals surface area contributed by atoms with Crippen LogP contribution in [0, 0.1) is 12.8 Å². The van der Waals surface area contributed by atoms with E-state index in [1.54, 1.807) is 0 Å². The molecule has 1 unspecified atom stereocenters. The summed E-state index contributed by atoms with van der Waals surface area (Å²) in [6.07, 6.45) is 0. The number of anilines is 2. The van der Waals surface area contributed by atoms with E-state index in [9.17, 15) is 5.11 Å². The van der Waals surface area contributed by atoms with Crippen LogP contribution >= 0.6 is 0 Å². The predicted molar refractivity (Wildman–Crippen MR) is 64.9 cm³/mol. The van der Waals surface area contributed by atoms with Crippen molar-refractivity contribution < 1.29 is 5.11 Å². The molecule has 3 heteroatoms. The van der Waals surface area contributed by atoms with Gasteiger partial charge in [0.2, 0.25) is 0 Å². The first-order chi connectivity index (χ1) is 7.04. The fourth-order valence-corrected chi connectivity index (χ4v) is 1.37. The number of nitrogens with one attached hydrogen (secondary N) is 1. The molecule has 0 aliphatic carbocycles. The van der Waals surface area contributed by atoms with Gasteiger partial charge in [0, 0.05) is 11.4 Å². The quantitative estimate of drug-likeness (QED) is 0.663. The molecule has 1 atom stereocenters. The van der Waals surface area contributed by atoms with Crippen LogP contribution in [-0.2, 0) is 0 Å². The molecule has 0 fully saturated rings. The van der Waals surface area contributed by atoms with Gasteiger partial charge in [-0.15, -0.1) is 0 Å². The number of benzene rings is 1. The molecule has 0 saturated carbocycles. The zero-order valence-electron chi connectivity index (χ0n) is 9.62. The fourth-order valence-electron chi connectivity index (χ4n) is 1.37. The maximum atomic E-state index is 9.19. The number of hydrogen-bond donors (Lipinski definition) is 3. The molecule has 0 saturated heterocycles. The zero-order chi connectivity index (χ0) is 11.4. The summed E-state index contributed by atoms with van der Waals surface area (Å²) >= 11 is 0. The Morgan fingerprint density at radius 2 is 2.07 bits per heavy atom. The van der Waals surface area contributed by atoms with E-state index in [1.165, 1.54) is 0 Å². The van der Waals surface area contributed by atoms with Gasteiger partial charge in [0.05, 0.1) is 12.6 Å². The van der Waals surface area contributed by atoms with Crippen molar-refractivity contribution in [1.82, 2.24) is 0 Å². The second kappa shape index (κ2) is 5.03. The van der Waals surface area contributed by atoms with Crippen molar-refractivity contribution in [3.05, 3.63) is 23.8 Å². The number of nitrogen functional groups attached to an aromatic ring is 1. The summed E-state index contributed by atoms with van der Waals surface area (Å²) in [6, 6.07) is 5.94. The second-order valence-corrected chi connectivity index (χ2v) is 4.25. The summed E-state index contributed by atoms with van der Waals surface area (Å²) in [4.78, 5) is 0. The first kappa shape index (κ1) is 11.9. The van der Waals surface area contributed by atoms with E-state index >= 15 is 0 Å².